The summed E-state index contributed by atoms with van der Waals surface area (Å²) in [6.45, 7) is 1.66. The lowest BCUT2D eigenvalue weighted by Gasteiger charge is -2.26. The van der Waals surface area contributed by atoms with E-state index < -0.39 is 0 Å². The highest BCUT2D eigenvalue weighted by Gasteiger charge is 2.19. The van der Waals surface area contributed by atoms with Crippen LogP contribution in [0.5, 0.6) is 0 Å². The number of amides is 3. The average molecular weight is 315 g/mol. The van der Waals surface area contributed by atoms with Crippen LogP contribution in [0.25, 0.3) is 0 Å². The zero-order valence-corrected chi connectivity index (χ0v) is 13.5. The number of urea groups is 1. The predicted molar refractivity (Wildman–Crippen MR) is 90.6 cm³/mol. The van der Waals surface area contributed by atoms with Crippen molar-refractivity contribution >= 4 is 17.6 Å². The van der Waals surface area contributed by atoms with Gasteiger partial charge in [0, 0.05) is 30.4 Å². The van der Waals surface area contributed by atoms with Crippen molar-refractivity contribution in [1.82, 2.24) is 10.2 Å². The molecule has 0 bridgehead atoms. The minimum atomic E-state index is -0.181. The number of carbonyl (C=O) groups excluding carboxylic acids is 2. The number of nitrogens with one attached hydrogen (secondary N) is 2. The van der Waals surface area contributed by atoms with Gasteiger partial charge in [-0.3, -0.25) is 4.79 Å². The van der Waals surface area contributed by atoms with E-state index in [1.165, 1.54) is 19.3 Å². The quantitative estimate of drug-likeness (QED) is 0.898. The Bertz CT molecular complexity index is 561. The number of hydrogen-bond donors (Lipinski definition) is 2. The molecule has 1 aromatic carbocycles. The normalized spacial score (nSPS) is 18.7. The number of carbonyl (C=O) groups is 2. The van der Waals surface area contributed by atoms with Crippen molar-refractivity contribution < 1.29 is 9.59 Å². The molecule has 0 unspecified atom stereocenters. The molecule has 0 radical (unpaired) electrons. The lowest BCUT2D eigenvalue weighted by atomic mass is 10.1. The first-order valence-corrected chi connectivity index (χ1v) is 8.69. The number of nitrogens with zero attached hydrogens (tertiary/aromatic N) is 1. The largest absolute Gasteiger partial charge is 0.339 e. The van der Waals surface area contributed by atoms with Crippen LogP contribution in [0.1, 0.15) is 55.3 Å². The van der Waals surface area contributed by atoms with Crippen LogP contribution in [0, 0.1) is 0 Å². The number of likely N-dealkylation sites (tertiary alicyclic amines) is 1. The molecule has 2 N–H and O–H groups in total. The molecule has 0 spiro atoms. The predicted octanol–water partition coefficient (Wildman–Crippen LogP) is 3.38. The molecule has 3 rings (SSSR count). The molecule has 124 valence electrons. The summed E-state index contributed by atoms with van der Waals surface area (Å²) in [7, 11) is 0. The minimum absolute atomic E-state index is 0.0598. The van der Waals surface area contributed by atoms with E-state index in [1.807, 2.05) is 23.1 Å². The molecule has 0 aromatic heterocycles. The van der Waals surface area contributed by atoms with Crippen LogP contribution in [0.4, 0.5) is 10.5 Å². The fraction of sp³-hybridized carbons (Fsp3) is 0.556. The van der Waals surface area contributed by atoms with Crippen molar-refractivity contribution in [3.05, 3.63) is 29.8 Å². The van der Waals surface area contributed by atoms with E-state index in [9.17, 15) is 9.59 Å². The Labute approximate surface area is 137 Å². The Balaban J connectivity index is 1.60. The van der Waals surface area contributed by atoms with Gasteiger partial charge in [0.2, 0.25) is 0 Å². The SMILES string of the molecule is O=C(Nc1cccc(C(=O)N2CCCCC2)c1)NC1CCCC1. The molecule has 1 aliphatic heterocycles. The van der Waals surface area contributed by atoms with Crippen molar-refractivity contribution in [3.63, 3.8) is 0 Å². The second-order valence-corrected chi connectivity index (χ2v) is 6.51. The molecule has 5 nitrogen and oxygen atoms in total. The molecule has 1 saturated heterocycles. The van der Waals surface area contributed by atoms with Crippen molar-refractivity contribution in [3.8, 4) is 0 Å². The van der Waals surface area contributed by atoms with Crippen LogP contribution in [0.15, 0.2) is 24.3 Å². The van der Waals surface area contributed by atoms with Crippen molar-refractivity contribution in [2.24, 2.45) is 0 Å². The molecule has 2 fully saturated rings. The number of benzene rings is 1. The highest BCUT2D eigenvalue weighted by atomic mass is 16.2. The Hall–Kier alpha value is -2.04. The third-order valence-electron chi connectivity index (χ3n) is 4.70. The van der Waals surface area contributed by atoms with Crippen molar-refractivity contribution in [2.75, 3.05) is 18.4 Å². The summed E-state index contributed by atoms with van der Waals surface area (Å²) >= 11 is 0. The topological polar surface area (TPSA) is 61.4 Å². The number of anilines is 1. The lowest BCUT2D eigenvalue weighted by molar-refractivity contribution is 0.0724. The van der Waals surface area contributed by atoms with E-state index in [2.05, 4.69) is 10.6 Å². The van der Waals surface area contributed by atoms with Gasteiger partial charge in [0.1, 0.15) is 0 Å². The van der Waals surface area contributed by atoms with E-state index in [4.69, 9.17) is 0 Å². The van der Waals surface area contributed by atoms with E-state index >= 15 is 0 Å². The van der Waals surface area contributed by atoms with Gasteiger partial charge >= 0.3 is 6.03 Å². The van der Waals surface area contributed by atoms with E-state index in [-0.39, 0.29) is 18.0 Å². The van der Waals surface area contributed by atoms with Gasteiger partial charge in [-0.1, -0.05) is 18.9 Å². The van der Waals surface area contributed by atoms with Crippen LogP contribution in [0.2, 0.25) is 0 Å². The summed E-state index contributed by atoms with van der Waals surface area (Å²) < 4.78 is 0. The molecule has 1 saturated carbocycles. The van der Waals surface area contributed by atoms with Gasteiger partial charge in [0.15, 0.2) is 0 Å². The highest BCUT2D eigenvalue weighted by Crippen LogP contribution is 2.19. The number of piperidine rings is 1. The van der Waals surface area contributed by atoms with E-state index in [0.29, 0.717) is 11.3 Å². The summed E-state index contributed by atoms with van der Waals surface area (Å²) in [4.78, 5) is 26.5. The molecule has 0 atom stereocenters. The molecular formula is C18H25N3O2. The molecule has 23 heavy (non-hydrogen) atoms. The van der Waals surface area contributed by atoms with Crippen molar-refractivity contribution in [2.45, 2.75) is 51.0 Å². The third-order valence-corrected chi connectivity index (χ3v) is 4.70. The first-order chi connectivity index (χ1) is 11.2. The highest BCUT2D eigenvalue weighted by molar-refractivity contribution is 5.97. The monoisotopic (exact) mass is 315 g/mol. The summed E-state index contributed by atoms with van der Waals surface area (Å²) in [5.41, 5.74) is 1.31. The Morgan fingerprint density at radius 2 is 1.74 bits per heavy atom. The van der Waals surface area contributed by atoms with E-state index in [0.717, 1.165) is 38.8 Å². The number of rotatable bonds is 3. The second kappa shape index (κ2) is 7.49. The molecule has 1 aromatic rings. The van der Waals surface area contributed by atoms with Crippen LogP contribution < -0.4 is 10.6 Å². The fourth-order valence-electron chi connectivity index (χ4n) is 3.43. The molecule has 2 aliphatic rings. The van der Waals surface area contributed by atoms with Gasteiger partial charge in [-0.25, -0.2) is 4.79 Å². The fourth-order valence-corrected chi connectivity index (χ4v) is 3.43. The third kappa shape index (κ3) is 4.24. The minimum Gasteiger partial charge on any atom is -0.339 e. The summed E-state index contributed by atoms with van der Waals surface area (Å²) in [5, 5.41) is 5.84. The smallest absolute Gasteiger partial charge is 0.319 e. The van der Waals surface area contributed by atoms with Gasteiger partial charge in [0.25, 0.3) is 5.91 Å². The van der Waals surface area contributed by atoms with Crippen LogP contribution >= 0.6 is 0 Å². The Kier molecular flexibility index (Phi) is 5.16. The maximum Gasteiger partial charge on any atom is 0.319 e. The maximum atomic E-state index is 12.5. The average Bonchev–Trinajstić information content (AvgIpc) is 3.08. The lowest BCUT2D eigenvalue weighted by Crippen LogP contribution is -2.36. The molecule has 1 aliphatic carbocycles. The molecule has 5 heteroatoms. The Morgan fingerprint density at radius 3 is 2.48 bits per heavy atom. The summed E-state index contributed by atoms with van der Waals surface area (Å²) in [5.74, 6) is 0.0598. The van der Waals surface area contributed by atoms with Gasteiger partial charge in [-0.15, -0.1) is 0 Å². The van der Waals surface area contributed by atoms with Gasteiger partial charge in [-0.2, -0.15) is 0 Å². The van der Waals surface area contributed by atoms with Gasteiger partial charge < -0.3 is 15.5 Å². The zero-order chi connectivity index (χ0) is 16.1. The number of hydrogen-bond acceptors (Lipinski definition) is 2. The molecule has 3 amide bonds. The van der Waals surface area contributed by atoms with E-state index in [1.54, 1.807) is 6.07 Å². The van der Waals surface area contributed by atoms with Crippen molar-refractivity contribution in [1.29, 1.82) is 0 Å². The summed E-state index contributed by atoms with van der Waals surface area (Å²) in [6, 6.07) is 7.33. The van der Waals surface area contributed by atoms with Crippen LogP contribution in [0.3, 0.4) is 0 Å². The first kappa shape index (κ1) is 15.8. The standard InChI is InChI=1S/C18H25N3O2/c22-17(21-11-4-1-5-12-21)14-7-6-10-16(13-14)20-18(23)19-15-8-2-3-9-15/h6-7,10,13,15H,1-5,8-9,11-12H2,(H2,19,20,23). The van der Waals surface area contributed by atoms with Gasteiger partial charge in [0.05, 0.1) is 0 Å². The Morgan fingerprint density at radius 1 is 1.00 bits per heavy atom. The van der Waals surface area contributed by atoms with Crippen LogP contribution in [-0.4, -0.2) is 36.0 Å². The van der Waals surface area contributed by atoms with Gasteiger partial charge in [-0.05, 0) is 50.3 Å². The summed E-state index contributed by atoms with van der Waals surface area (Å²) in [6.07, 6.45) is 7.84. The molecule has 1 heterocycles. The first-order valence-electron chi connectivity index (χ1n) is 8.69. The maximum absolute atomic E-state index is 12.5. The van der Waals surface area contributed by atoms with Crippen LogP contribution in [-0.2, 0) is 0 Å². The zero-order valence-electron chi connectivity index (χ0n) is 13.5. The molecular weight excluding hydrogens is 290 g/mol. The second-order valence-electron chi connectivity index (χ2n) is 6.51.